The molecule has 148 valence electrons. The van der Waals surface area contributed by atoms with Crippen molar-refractivity contribution in [3.8, 4) is 34.5 Å². The first-order valence-corrected chi connectivity index (χ1v) is 9.37. The molecule has 29 heavy (non-hydrogen) atoms. The van der Waals surface area contributed by atoms with E-state index in [1.807, 2.05) is 36.4 Å². The van der Waals surface area contributed by atoms with Gasteiger partial charge in [0.25, 0.3) is 5.89 Å². The van der Waals surface area contributed by atoms with E-state index in [4.69, 9.17) is 14.0 Å². The lowest BCUT2D eigenvalue weighted by molar-refractivity contribution is 0.399. The van der Waals surface area contributed by atoms with E-state index >= 15 is 0 Å². The van der Waals surface area contributed by atoms with Crippen LogP contribution in [-0.2, 0) is 5.41 Å². The zero-order chi connectivity index (χ0) is 20.6. The quantitative estimate of drug-likeness (QED) is 0.474. The van der Waals surface area contributed by atoms with Gasteiger partial charge in [-0.25, -0.2) is 4.98 Å². The molecule has 4 rings (SSSR count). The van der Waals surface area contributed by atoms with Gasteiger partial charge in [-0.3, -0.25) is 0 Å². The number of rotatable bonds is 4. The van der Waals surface area contributed by atoms with E-state index in [0.29, 0.717) is 23.2 Å². The van der Waals surface area contributed by atoms with Crippen LogP contribution >= 0.6 is 0 Å². The number of ether oxygens (including phenoxy) is 2. The third-order valence-corrected chi connectivity index (χ3v) is 4.85. The minimum atomic E-state index is 0.0870. The molecule has 0 bridgehead atoms. The summed E-state index contributed by atoms with van der Waals surface area (Å²) in [6.07, 6.45) is 0. The zero-order valence-corrected chi connectivity index (χ0v) is 17.2. The highest BCUT2D eigenvalue weighted by Crippen LogP contribution is 2.33. The van der Waals surface area contributed by atoms with Gasteiger partial charge in [0.2, 0.25) is 11.7 Å². The lowest BCUT2D eigenvalue weighted by Crippen LogP contribution is -2.10. The minimum absolute atomic E-state index is 0.0870. The number of hydrogen-bond donors (Lipinski definition) is 0. The van der Waals surface area contributed by atoms with Crippen molar-refractivity contribution >= 4 is 10.9 Å². The number of methoxy groups -OCH3 is 2. The third-order valence-electron chi connectivity index (χ3n) is 4.85. The first-order valence-electron chi connectivity index (χ1n) is 9.37. The molecule has 0 radical (unpaired) electrons. The predicted molar refractivity (Wildman–Crippen MR) is 112 cm³/mol. The number of hydrogen-bond acceptors (Lipinski definition) is 6. The highest BCUT2D eigenvalue weighted by Gasteiger charge is 2.18. The van der Waals surface area contributed by atoms with Crippen LogP contribution in [0.3, 0.4) is 0 Å². The summed E-state index contributed by atoms with van der Waals surface area (Å²) in [6.45, 7) is 6.54. The first kappa shape index (κ1) is 18.9. The van der Waals surface area contributed by atoms with Gasteiger partial charge in [0.15, 0.2) is 0 Å². The molecular formula is C23H23N3O3. The molecular weight excluding hydrogens is 366 g/mol. The second-order valence-electron chi connectivity index (χ2n) is 7.85. The first-order chi connectivity index (χ1) is 13.9. The van der Waals surface area contributed by atoms with E-state index in [0.717, 1.165) is 22.2 Å². The molecule has 0 aliphatic heterocycles. The summed E-state index contributed by atoms with van der Waals surface area (Å²) < 4.78 is 16.3. The van der Waals surface area contributed by atoms with Crippen LogP contribution in [0, 0.1) is 0 Å². The normalized spacial score (nSPS) is 11.6. The van der Waals surface area contributed by atoms with Crippen LogP contribution in [0.15, 0.2) is 53.1 Å². The summed E-state index contributed by atoms with van der Waals surface area (Å²) in [6, 6.07) is 15.8. The topological polar surface area (TPSA) is 70.3 Å². The van der Waals surface area contributed by atoms with E-state index in [9.17, 15) is 0 Å². The van der Waals surface area contributed by atoms with Crippen molar-refractivity contribution in [1.82, 2.24) is 15.1 Å². The van der Waals surface area contributed by atoms with Crippen LogP contribution in [0.25, 0.3) is 33.7 Å². The molecule has 0 unspecified atom stereocenters. The Morgan fingerprint density at radius 2 is 1.62 bits per heavy atom. The molecule has 2 aromatic heterocycles. The van der Waals surface area contributed by atoms with Crippen molar-refractivity contribution in [1.29, 1.82) is 0 Å². The summed E-state index contributed by atoms with van der Waals surface area (Å²) in [7, 11) is 3.21. The maximum atomic E-state index is 5.52. The monoisotopic (exact) mass is 389 g/mol. The maximum Gasteiger partial charge on any atom is 0.258 e. The van der Waals surface area contributed by atoms with Gasteiger partial charge in [-0.05, 0) is 47.4 Å². The number of benzene rings is 2. The standard InChI is InChI=1S/C23H23N3O3/c1-23(2,3)16-8-6-14(7-9-16)21-25-20(26-29-21)18-13-15-12-17(27-4)10-11-19(15)24-22(18)28-5/h6-13H,1-5H3. The zero-order valence-electron chi connectivity index (χ0n) is 17.2. The van der Waals surface area contributed by atoms with Gasteiger partial charge in [-0.15, -0.1) is 0 Å². The summed E-state index contributed by atoms with van der Waals surface area (Å²) in [5.74, 6) is 2.07. The number of nitrogens with zero attached hydrogens (tertiary/aromatic N) is 3. The summed E-state index contributed by atoms with van der Waals surface area (Å²) >= 11 is 0. The van der Waals surface area contributed by atoms with Crippen LogP contribution < -0.4 is 9.47 Å². The lowest BCUT2D eigenvalue weighted by atomic mass is 9.87. The molecule has 6 heteroatoms. The second-order valence-corrected chi connectivity index (χ2v) is 7.85. The Kier molecular flexibility index (Phi) is 4.70. The largest absolute Gasteiger partial charge is 0.497 e. The molecule has 2 aromatic carbocycles. The third kappa shape index (κ3) is 3.66. The highest BCUT2D eigenvalue weighted by atomic mass is 16.5. The van der Waals surface area contributed by atoms with E-state index in [1.54, 1.807) is 14.2 Å². The Hall–Kier alpha value is -3.41. The molecule has 0 aliphatic carbocycles. The Morgan fingerprint density at radius 1 is 0.862 bits per heavy atom. The number of aromatic nitrogens is 3. The van der Waals surface area contributed by atoms with Crippen LogP contribution in [0.5, 0.6) is 11.6 Å². The SMILES string of the molecule is COc1ccc2nc(OC)c(-c3noc(-c4ccc(C(C)(C)C)cc4)n3)cc2c1. The number of pyridine rings is 1. The van der Waals surface area contributed by atoms with Crippen molar-refractivity contribution in [2.45, 2.75) is 26.2 Å². The average Bonchev–Trinajstić information content (AvgIpc) is 3.22. The number of fused-ring (bicyclic) bond motifs is 1. The van der Waals surface area contributed by atoms with Gasteiger partial charge in [-0.1, -0.05) is 38.1 Å². The van der Waals surface area contributed by atoms with E-state index in [1.165, 1.54) is 5.56 Å². The molecule has 0 amide bonds. The molecule has 4 aromatic rings. The smallest absolute Gasteiger partial charge is 0.258 e. The Balaban J connectivity index is 1.74. The van der Waals surface area contributed by atoms with Crippen LogP contribution in [0.2, 0.25) is 0 Å². The Bertz CT molecular complexity index is 1160. The van der Waals surface area contributed by atoms with Gasteiger partial charge in [0.05, 0.1) is 25.3 Å². The molecule has 0 atom stereocenters. The van der Waals surface area contributed by atoms with Crippen molar-refractivity contribution in [2.75, 3.05) is 14.2 Å². The Labute approximate surface area is 169 Å². The van der Waals surface area contributed by atoms with E-state index in [-0.39, 0.29) is 5.41 Å². The predicted octanol–water partition coefficient (Wildman–Crippen LogP) is 5.27. The van der Waals surface area contributed by atoms with Gasteiger partial charge in [0, 0.05) is 10.9 Å². The molecule has 0 aliphatic rings. The molecule has 0 fully saturated rings. The van der Waals surface area contributed by atoms with Crippen LogP contribution in [0.4, 0.5) is 0 Å². The fourth-order valence-electron chi connectivity index (χ4n) is 3.14. The molecule has 0 saturated heterocycles. The molecule has 0 N–H and O–H groups in total. The van der Waals surface area contributed by atoms with Crippen molar-refractivity contribution in [2.24, 2.45) is 0 Å². The van der Waals surface area contributed by atoms with Crippen molar-refractivity contribution in [3.05, 3.63) is 54.1 Å². The van der Waals surface area contributed by atoms with Crippen molar-refractivity contribution in [3.63, 3.8) is 0 Å². The molecule has 0 saturated carbocycles. The fourth-order valence-corrected chi connectivity index (χ4v) is 3.14. The highest BCUT2D eigenvalue weighted by molar-refractivity contribution is 5.86. The van der Waals surface area contributed by atoms with Crippen molar-refractivity contribution < 1.29 is 14.0 Å². The maximum absolute atomic E-state index is 5.52. The van der Waals surface area contributed by atoms with Gasteiger partial charge in [-0.2, -0.15) is 4.98 Å². The second kappa shape index (κ2) is 7.20. The minimum Gasteiger partial charge on any atom is -0.497 e. The van der Waals surface area contributed by atoms with E-state index < -0.39 is 0 Å². The summed E-state index contributed by atoms with van der Waals surface area (Å²) in [5, 5.41) is 5.06. The van der Waals surface area contributed by atoms with Gasteiger partial charge in [0.1, 0.15) is 5.75 Å². The molecule has 0 spiro atoms. The fraction of sp³-hybridized carbons (Fsp3) is 0.261. The Morgan fingerprint density at radius 3 is 2.28 bits per heavy atom. The van der Waals surface area contributed by atoms with Gasteiger partial charge < -0.3 is 14.0 Å². The average molecular weight is 389 g/mol. The van der Waals surface area contributed by atoms with Gasteiger partial charge >= 0.3 is 0 Å². The van der Waals surface area contributed by atoms with Crippen LogP contribution in [0.1, 0.15) is 26.3 Å². The summed E-state index contributed by atoms with van der Waals surface area (Å²) in [5.41, 5.74) is 3.66. The van der Waals surface area contributed by atoms with E-state index in [2.05, 4.69) is 48.0 Å². The molecule has 6 nitrogen and oxygen atoms in total. The lowest BCUT2D eigenvalue weighted by Gasteiger charge is -2.18. The summed E-state index contributed by atoms with van der Waals surface area (Å²) in [4.78, 5) is 9.14. The molecule has 2 heterocycles. The van der Waals surface area contributed by atoms with Crippen LogP contribution in [-0.4, -0.2) is 29.3 Å².